The quantitative estimate of drug-likeness (QED) is 0.131. The number of amides is 4. The number of benzene rings is 2. The molecule has 3 aromatic rings. The number of aromatic nitrogens is 1. The van der Waals surface area contributed by atoms with Crippen LogP contribution in [0.5, 0.6) is 0 Å². The number of aryl methyl sites for hydroxylation is 1. The Balaban J connectivity index is 1.50. The zero-order valence-electron chi connectivity index (χ0n) is 31.0. The van der Waals surface area contributed by atoms with Crippen molar-refractivity contribution in [2.75, 3.05) is 0 Å². The molecule has 1 aromatic heterocycles. The highest BCUT2D eigenvalue weighted by Gasteiger charge is 2.47. The SMILES string of the molecule is CCC(C)[C@H](NC(=O)Cc1ccccc1F)C(=O)N[C@]1(C(=O)N[C@H](C(=O)NC2=CC(F)C(O)C=C2)C(C)CC)CCc2[nH]c3c(C(F)(F)F)cccc3c2C1. The molecule has 2 aliphatic rings. The number of carbonyl (C=O) groups is 4. The van der Waals surface area contributed by atoms with Crippen LogP contribution >= 0.6 is 0 Å². The Morgan fingerprint density at radius 3 is 2.27 bits per heavy atom. The maximum absolute atomic E-state index is 14.7. The van der Waals surface area contributed by atoms with Gasteiger partial charge < -0.3 is 31.4 Å². The molecule has 7 atom stereocenters. The molecule has 0 radical (unpaired) electrons. The zero-order valence-corrected chi connectivity index (χ0v) is 31.0. The molecule has 5 rings (SSSR count). The number of aliphatic hydroxyl groups excluding tert-OH is 1. The molecule has 55 heavy (non-hydrogen) atoms. The molecular weight excluding hydrogens is 725 g/mol. The van der Waals surface area contributed by atoms with Crippen molar-refractivity contribution in [3.63, 3.8) is 0 Å². The maximum Gasteiger partial charge on any atom is 0.418 e. The molecule has 0 bridgehead atoms. The summed E-state index contributed by atoms with van der Waals surface area (Å²) in [6, 6.07) is 7.01. The van der Waals surface area contributed by atoms with Crippen molar-refractivity contribution in [2.24, 2.45) is 11.8 Å². The molecule has 1 heterocycles. The van der Waals surface area contributed by atoms with Crippen molar-refractivity contribution < 1.29 is 46.2 Å². The van der Waals surface area contributed by atoms with Gasteiger partial charge in [0.2, 0.25) is 23.6 Å². The Morgan fingerprint density at radius 1 is 0.964 bits per heavy atom. The van der Waals surface area contributed by atoms with Crippen molar-refractivity contribution in [3.05, 3.63) is 94.6 Å². The molecule has 4 amide bonds. The van der Waals surface area contributed by atoms with Crippen LogP contribution in [0, 0.1) is 17.7 Å². The molecular formula is C40H46F5N5O5. The van der Waals surface area contributed by atoms with E-state index in [-0.39, 0.29) is 47.8 Å². The molecule has 0 aliphatic heterocycles. The van der Waals surface area contributed by atoms with Gasteiger partial charge in [0.15, 0.2) is 0 Å². The minimum atomic E-state index is -4.68. The second kappa shape index (κ2) is 16.8. The van der Waals surface area contributed by atoms with E-state index < -0.39 is 82.9 Å². The van der Waals surface area contributed by atoms with Crippen LogP contribution in [0.3, 0.4) is 0 Å². The highest BCUT2D eigenvalue weighted by atomic mass is 19.4. The number of rotatable bonds is 13. The van der Waals surface area contributed by atoms with Crippen LogP contribution in [0.1, 0.15) is 69.3 Å². The monoisotopic (exact) mass is 771 g/mol. The lowest BCUT2D eigenvalue weighted by atomic mass is 9.78. The third kappa shape index (κ3) is 9.09. The van der Waals surface area contributed by atoms with Gasteiger partial charge in [0.1, 0.15) is 35.7 Å². The maximum atomic E-state index is 14.7. The first-order chi connectivity index (χ1) is 26.0. The van der Waals surface area contributed by atoms with E-state index in [2.05, 4.69) is 26.3 Å². The van der Waals surface area contributed by atoms with Gasteiger partial charge in [-0.25, -0.2) is 8.78 Å². The van der Waals surface area contributed by atoms with E-state index in [1.807, 2.05) is 0 Å². The Hall–Kier alpha value is -5.05. The fraction of sp³-hybridized carbons (Fsp3) is 0.450. The summed E-state index contributed by atoms with van der Waals surface area (Å²) in [6.45, 7) is 7.02. The second-order valence-corrected chi connectivity index (χ2v) is 14.5. The number of nitrogens with one attached hydrogen (secondary N) is 5. The number of carbonyl (C=O) groups excluding carboxylic acids is 4. The molecule has 15 heteroatoms. The van der Waals surface area contributed by atoms with Crippen LogP contribution in [0.15, 0.2) is 66.4 Å². The van der Waals surface area contributed by atoms with Crippen LogP contribution in [0.2, 0.25) is 0 Å². The zero-order chi connectivity index (χ0) is 40.2. The van der Waals surface area contributed by atoms with Gasteiger partial charge in [-0.15, -0.1) is 0 Å². The lowest BCUT2D eigenvalue weighted by Crippen LogP contribution is -2.67. The number of hydrogen-bond donors (Lipinski definition) is 6. The van der Waals surface area contributed by atoms with Crippen molar-refractivity contribution in [1.29, 1.82) is 0 Å². The Bertz CT molecular complexity index is 1990. The van der Waals surface area contributed by atoms with E-state index in [1.54, 1.807) is 33.8 Å². The smallest absolute Gasteiger partial charge is 0.386 e. The van der Waals surface area contributed by atoms with Crippen LogP contribution < -0.4 is 21.3 Å². The summed E-state index contributed by atoms with van der Waals surface area (Å²) in [6.07, 6.45) is -4.14. The number of fused-ring (bicyclic) bond motifs is 3. The molecule has 4 unspecified atom stereocenters. The lowest BCUT2D eigenvalue weighted by Gasteiger charge is -2.39. The van der Waals surface area contributed by atoms with Crippen molar-refractivity contribution >= 4 is 34.5 Å². The number of H-pyrrole nitrogens is 1. The molecule has 0 spiro atoms. The molecule has 10 nitrogen and oxygen atoms in total. The number of halogens is 5. The van der Waals surface area contributed by atoms with Crippen molar-refractivity contribution in [1.82, 2.24) is 26.3 Å². The van der Waals surface area contributed by atoms with E-state index in [0.717, 1.165) is 12.1 Å². The summed E-state index contributed by atoms with van der Waals surface area (Å²) in [4.78, 5) is 58.8. The molecule has 0 fully saturated rings. The Kier molecular flexibility index (Phi) is 12.5. The second-order valence-electron chi connectivity index (χ2n) is 14.5. The van der Waals surface area contributed by atoms with Gasteiger partial charge in [-0.1, -0.05) is 76.9 Å². The minimum Gasteiger partial charge on any atom is -0.386 e. The number of alkyl halides is 4. The van der Waals surface area contributed by atoms with Gasteiger partial charge in [0.05, 0.1) is 17.5 Å². The largest absolute Gasteiger partial charge is 0.418 e. The van der Waals surface area contributed by atoms with E-state index in [4.69, 9.17) is 0 Å². The third-order valence-electron chi connectivity index (χ3n) is 10.7. The fourth-order valence-electron chi connectivity index (χ4n) is 7.04. The fourth-order valence-corrected chi connectivity index (χ4v) is 7.04. The molecule has 2 aliphatic carbocycles. The Labute approximate surface area is 315 Å². The van der Waals surface area contributed by atoms with Gasteiger partial charge in [0.25, 0.3) is 0 Å². The van der Waals surface area contributed by atoms with E-state index in [9.17, 15) is 46.2 Å². The van der Waals surface area contributed by atoms with Gasteiger partial charge in [-0.05, 0) is 60.1 Å². The summed E-state index contributed by atoms with van der Waals surface area (Å²) in [5.41, 5.74) is -1.87. The summed E-state index contributed by atoms with van der Waals surface area (Å²) in [7, 11) is 0. The number of allylic oxidation sites excluding steroid dienone is 1. The minimum absolute atomic E-state index is 0.0424. The highest BCUT2D eigenvalue weighted by molar-refractivity contribution is 5.99. The van der Waals surface area contributed by atoms with Crippen LogP contribution in [-0.2, 0) is 44.6 Å². The first-order valence-electron chi connectivity index (χ1n) is 18.4. The summed E-state index contributed by atoms with van der Waals surface area (Å²) >= 11 is 0. The average Bonchev–Trinajstić information content (AvgIpc) is 3.51. The number of hydrogen-bond acceptors (Lipinski definition) is 5. The number of aromatic amines is 1. The molecule has 6 N–H and O–H groups in total. The first kappa shape index (κ1) is 41.1. The first-order valence-corrected chi connectivity index (χ1v) is 18.4. The van der Waals surface area contributed by atoms with Gasteiger partial charge in [-0.3, -0.25) is 19.2 Å². The lowest BCUT2D eigenvalue weighted by molar-refractivity contribution is -0.139. The third-order valence-corrected chi connectivity index (χ3v) is 10.7. The summed E-state index contributed by atoms with van der Waals surface area (Å²) < 4.78 is 70.8. The normalized spacial score (nSPS) is 21.7. The summed E-state index contributed by atoms with van der Waals surface area (Å²) in [5.74, 6) is -4.43. The Morgan fingerprint density at radius 2 is 1.64 bits per heavy atom. The highest BCUT2D eigenvalue weighted by Crippen LogP contribution is 2.40. The van der Waals surface area contributed by atoms with E-state index in [1.165, 1.54) is 42.5 Å². The van der Waals surface area contributed by atoms with E-state index in [0.29, 0.717) is 24.1 Å². The van der Waals surface area contributed by atoms with Gasteiger partial charge in [0, 0.05) is 23.2 Å². The molecule has 296 valence electrons. The predicted molar refractivity (Wildman–Crippen MR) is 195 cm³/mol. The predicted octanol–water partition coefficient (Wildman–Crippen LogP) is 5.24. The number of para-hydroxylation sites is 1. The molecule has 0 saturated heterocycles. The van der Waals surface area contributed by atoms with E-state index >= 15 is 0 Å². The molecule has 2 aromatic carbocycles. The van der Waals surface area contributed by atoms with Gasteiger partial charge >= 0.3 is 6.18 Å². The average molecular weight is 772 g/mol. The topological polar surface area (TPSA) is 152 Å². The molecule has 0 saturated carbocycles. The van der Waals surface area contributed by atoms with Crippen molar-refractivity contribution in [3.8, 4) is 0 Å². The van der Waals surface area contributed by atoms with Crippen LogP contribution in [0.25, 0.3) is 10.9 Å². The van der Waals surface area contributed by atoms with Crippen molar-refractivity contribution in [2.45, 2.75) is 102 Å². The summed E-state index contributed by atoms with van der Waals surface area (Å²) in [5, 5.41) is 20.8. The van der Waals surface area contributed by atoms with Crippen LogP contribution in [0.4, 0.5) is 22.0 Å². The van der Waals surface area contributed by atoms with Gasteiger partial charge in [-0.2, -0.15) is 13.2 Å². The number of aliphatic hydroxyl groups is 1. The van der Waals surface area contributed by atoms with Crippen LogP contribution in [-0.4, -0.2) is 63.6 Å². The standard InChI is InChI=1S/C40H46F5N5O5/c1-5-21(3)33(36(53)46-24-14-15-31(51)29(42)19-24)49-38(55)39(17-16-30-26(20-39)25-11-9-12-27(35(25)47-30)40(43,44)45)50-37(54)34(22(4)6-2)48-32(52)18-23-10-7-8-13-28(23)41/h7-15,19,21-22,29,31,33-34,47,51H,5-6,16-18,20H2,1-4H3,(H,46,53)(H,48,52)(H,49,55)(H,50,54)/t21?,22?,29?,31?,33-,34-,39+/m0/s1.